The van der Waals surface area contributed by atoms with Crippen LogP contribution >= 0.6 is 0 Å². The third-order valence-corrected chi connectivity index (χ3v) is 19.5. The van der Waals surface area contributed by atoms with Crippen LogP contribution in [0.15, 0.2) is 333 Å². The summed E-state index contributed by atoms with van der Waals surface area (Å²) in [5, 5.41) is 2.29. The van der Waals surface area contributed by atoms with Crippen molar-refractivity contribution in [2.75, 3.05) is 21.2 Å². The highest BCUT2D eigenvalue weighted by molar-refractivity contribution is 7.00. The maximum atomic E-state index is 9.65. The minimum absolute atomic E-state index is 0.0309. The molecule has 6 heteroatoms. The van der Waals surface area contributed by atoms with Gasteiger partial charge in [0.1, 0.15) is 0 Å². The molecule has 0 aliphatic carbocycles. The summed E-state index contributed by atoms with van der Waals surface area (Å²) >= 11 is 0. The van der Waals surface area contributed by atoms with Crippen LogP contribution in [0.25, 0.3) is 88.4 Å². The lowest BCUT2D eigenvalue weighted by molar-refractivity contribution is 0.590. The third kappa shape index (κ3) is 9.62. The van der Waals surface area contributed by atoms with Gasteiger partial charge in [0, 0.05) is 85.0 Å². The maximum absolute atomic E-state index is 9.65. The Balaban J connectivity index is 0.903. The molecule has 0 unspecified atom stereocenters. The van der Waals surface area contributed by atoms with E-state index in [4.69, 9.17) is 5.48 Å². The molecule has 456 valence electrons. The molecular formula is C90H68BN5. The first-order valence-electron chi connectivity index (χ1n) is 37.0. The number of anilines is 8. The molecule has 16 aromatic rings. The zero-order valence-corrected chi connectivity index (χ0v) is 53.4. The predicted molar refractivity (Wildman–Crippen MR) is 408 cm³/mol. The van der Waals surface area contributed by atoms with E-state index in [0.29, 0.717) is 18.7 Å². The molecule has 0 atom stereocenters. The summed E-state index contributed by atoms with van der Waals surface area (Å²) in [5.41, 5.74) is 23.4. The van der Waals surface area contributed by atoms with Crippen molar-refractivity contribution in [1.82, 2.24) is 9.13 Å². The molecule has 0 bridgehead atoms. The lowest BCUT2D eigenvalue weighted by Gasteiger charge is -2.45. The summed E-state index contributed by atoms with van der Waals surface area (Å²) in [7, 11) is 0. The smallest absolute Gasteiger partial charge is 0.252 e. The molecule has 4 heterocycles. The molecule has 96 heavy (non-hydrogen) atoms. The predicted octanol–water partition coefficient (Wildman–Crippen LogP) is 21.6. The van der Waals surface area contributed by atoms with Crippen LogP contribution in [0.5, 0.6) is 0 Å². The second kappa shape index (κ2) is 23.0. The van der Waals surface area contributed by atoms with E-state index >= 15 is 0 Å². The molecule has 0 N–H and O–H groups in total. The molecule has 0 amide bonds. The zero-order valence-electron chi connectivity index (χ0n) is 61.4. The number of rotatable bonds is 12. The molecule has 2 aliphatic rings. The lowest BCUT2D eigenvalue weighted by atomic mass is 9.33. The summed E-state index contributed by atoms with van der Waals surface area (Å²) < 4.78 is 78.3. The molecule has 0 saturated carbocycles. The molecule has 0 radical (unpaired) electrons. The van der Waals surface area contributed by atoms with Gasteiger partial charge in [0.2, 0.25) is 0 Å². The average molecular weight is 1240 g/mol. The Morgan fingerprint density at radius 1 is 0.354 bits per heavy atom. The number of nitrogens with zero attached hydrogens (tertiary/aromatic N) is 5. The second-order valence-electron chi connectivity index (χ2n) is 26.2. The molecule has 5 nitrogen and oxygen atoms in total. The molecule has 2 aromatic heterocycles. The maximum Gasteiger partial charge on any atom is 0.252 e. The fourth-order valence-corrected chi connectivity index (χ4v) is 15.1. The summed E-state index contributed by atoms with van der Waals surface area (Å²) in [4.78, 5) is 7.25. The van der Waals surface area contributed by atoms with E-state index in [2.05, 4.69) is 307 Å². The van der Waals surface area contributed by atoms with Crippen LogP contribution in [0.1, 0.15) is 42.9 Å². The Morgan fingerprint density at radius 2 is 0.865 bits per heavy atom. The second-order valence-corrected chi connectivity index (χ2v) is 26.2. The Morgan fingerprint density at radius 3 is 1.48 bits per heavy atom. The highest BCUT2D eigenvalue weighted by atomic mass is 15.2. The van der Waals surface area contributed by atoms with Crippen LogP contribution in [-0.4, -0.2) is 22.4 Å². The van der Waals surface area contributed by atoms with Crippen LogP contribution in [0.2, 0.25) is 0 Å². The minimum atomic E-state index is -0.486. The van der Waals surface area contributed by atoms with Gasteiger partial charge in [-0.15, -0.1) is 0 Å². The summed E-state index contributed by atoms with van der Waals surface area (Å²) in [5.74, 6) is 0. The van der Waals surface area contributed by atoms with Gasteiger partial charge in [0.05, 0.1) is 33.0 Å². The van der Waals surface area contributed by atoms with Crippen molar-refractivity contribution in [2.24, 2.45) is 0 Å². The van der Waals surface area contributed by atoms with E-state index in [-0.39, 0.29) is 58.1 Å². The molecule has 0 fully saturated rings. The highest BCUT2D eigenvalue weighted by Gasteiger charge is 2.44. The quantitative estimate of drug-likeness (QED) is 0.114. The monoisotopic (exact) mass is 1240 g/mol. The number of benzene rings is 14. The van der Waals surface area contributed by atoms with Crippen molar-refractivity contribution >= 4 is 112 Å². The zero-order chi connectivity index (χ0) is 71.0. The Kier molecular flexibility index (Phi) is 11.7. The van der Waals surface area contributed by atoms with Crippen LogP contribution in [0.4, 0.5) is 45.5 Å². The Bertz CT molecular complexity index is 5980. The third-order valence-electron chi connectivity index (χ3n) is 19.5. The van der Waals surface area contributed by atoms with Crippen LogP contribution in [0.3, 0.4) is 0 Å². The van der Waals surface area contributed by atoms with Crippen molar-refractivity contribution < 1.29 is 11.0 Å². The lowest BCUT2D eigenvalue weighted by Crippen LogP contribution is -2.62. The van der Waals surface area contributed by atoms with Gasteiger partial charge in [0.25, 0.3) is 6.71 Å². The fourth-order valence-electron chi connectivity index (χ4n) is 15.1. The Hall–Kier alpha value is -11.9. The SMILES string of the molecule is [2H]c1c([2H])c([2H])c2c(c1[2H])c1c([2H])c([2H])c([2H])c([2H])c1n2-c1ccc2c(c1)N(CCc1cc(-c3ccccc3)cc(-c3ccccc3)c1)c1cc(C(C)(C)C)cc3c1B2c1ccc(-n2c4ccccc4c4cc(N(c5ccccc5)c5ccccc5)ccc42)cc1N3c1cccc(-c2ccccc2)c1. The van der Waals surface area contributed by atoms with E-state index in [1.807, 2.05) is 18.2 Å². The topological polar surface area (TPSA) is 19.6 Å². The van der Waals surface area contributed by atoms with Gasteiger partial charge < -0.3 is 23.8 Å². The van der Waals surface area contributed by atoms with Crippen LogP contribution in [0, 0.1) is 0 Å². The molecule has 14 aromatic carbocycles. The fraction of sp³-hybridized carbons (Fsp3) is 0.0667. The van der Waals surface area contributed by atoms with Gasteiger partial charge in [-0.3, -0.25) is 0 Å². The molecule has 0 spiro atoms. The summed E-state index contributed by atoms with van der Waals surface area (Å²) in [6, 6.07) is 98.5. The van der Waals surface area contributed by atoms with Crippen molar-refractivity contribution in [3.63, 3.8) is 0 Å². The number of fused-ring (bicyclic) bond motifs is 10. The van der Waals surface area contributed by atoms with Crippen LogP contribution in [-0.2, 0) is 11.8 Å². The standard InChI is InChI=1S/C90H68BN5/c1-90(2,3)68-56-87-89-88(57-68)96(71-37-25-32-65(55-71)62-26-9-4-10-27-62)86-60-74(95-83-43-24-21-40-77(83)78-58-72(46-49-84(78)95)93(69-33-15-7-16-34-69)70-35-17-8-18-36-70)45-48-80(86)91(89)79-47-44-73(94-81-41-22-19-38-75(81)76-39-20-23-42-82(76)94)59-85(79)92(87)51-50-61-52-66(63-28-11-5-12-29-63)54-67(53-61)64-30-13-6-14-31-64/h4-49,52-60H,50-51H2,1-3H3/i19D,20D,22D,23D,38D,39D,41D,42D. The number of hydrogen-bond donors (Lipinski definition) is 0. The molecule has 2 aliphatic heterocycles. The molecule has 0 saturated heterocycles. The average Bonchev–Trinajstić information content (AvgIpc) is 0.925. The van der Waals surface area contributed by atoms with Gasteiger partial charge in [0.15, 0.2) is 0 Å². The minimum Gasteiger partial charge on any atom is -0.342 e. The van der Waals surface area contributed by atoms with Gasteiger partial charge in [-0.2, -0.15) is 0 Å². The van der Waals surface area contributed by atoms with Gasteiger partial charge in [-0.1, -0.05) is 239 Å². The first-order valence-corrected chi connectivity index (χ1v) is 33.0. The van der Waals surface area contributed by atoms with E-state index in [9.17, 15) is 5.48 Å². The Labute approximate surface area is 572 Å². The van der Waals surface area contributed by atoms with Gasteiger partial charge >= 0.3 is 0 Å². The van der Waals surface area contributed by atoms with E-state index in [1.54, 1.807) is 4.57 Å². The molecule has 18 rings (SSSR count). The van der Waals surface area contributed by atoms with E-state index < -0.39 is 24.2 Å². The van der Waals surface area contributed by atoms with E-state index in [0.717, 1.165) is 134 Å². The highest BCUT2D eigenvalue weighted by Crippen LogP contribution is 2.48. The van der Waals surface area contributed by atoms with E-state index in [1.165, 1.54) is 0 Å². The van der Waals surface area contributed by atoms with Crippen molar-refractivity contribution in [3.05, 3.63) is 345 Å². The van der Waals surface area contributed by atoms with Crippen molar-refractivity contribution in [3.8, 4) is 44.8 Å². The normalized spacial score (nSPS) is 13.7. The van der Waals surface area contributed by atoms with Crippen molar-refractivity contribution in [1.29, 1.82) is 0 Å². The number of aromatic nitrogens is 2. The van der Waals surface area contributed by atoms with Gasteiger partial charge in [-0.25, -0.2) is 0 Å². The summed E-state index contributed by atoms with van der Waals surface area (Å²) in [6.45, 7) is 6.92. The number of hydrogen-bond acceptors (Lipinski definition) is 3. The first kappa shape index (κ1) is 48.8. The molecular weight excluding hydrogens is 1160 g/mol. The first-order chi connectivity index (χ1) is 50.6. The van der Waals surface area contributed by atoms with Crippen molar-refractivity contribution in [2.45, 2.75) is 32.6 Å². The van der Waals surface area contributed by atoms with Crippen LogP contribution < -0.4 is 31.1 Å². The van der Waals surface area contributed by atoms with Gasteiger partial charge in [-0.05, 0) is 188 Å². The largest absolute Gasteiger partial charge is 0.342 e. The number of para-hydroxylation sites is 5. The summed E-state index contributed by atoms with van der Waals surface area (Å²) in [6.07, 6.45) is 0.597.